The van der Waals surface area contributed by atoms with Gasteiger partial charge < -0.3 is 15.0 Å². The highest BCUT2D eigenvalue weighted by Gasteiger charge is 2.32. The fourth-order valence-corrected chi connectivity index (χ4v) is 5.08. The van der Waals surface area contributed by atoms with Gasteiger partial charge in [-0.05, 0) is 43.9 Å². The van der Waals surface area contributed by atoms with Crippen LogP contribution in [0.4, 0.5) is 5.00 Å². The van der Waals surface area contributed by atoms with Crippen molar-refractivity contribution in [1.82, 2.24) is 0 Å². The lowest BCUT2D eigenvalue weighted by Crippen LogP contribution is -3.14. The van der Waals surface area contributed by atoms with Gasteiger partial charge in [0, 0.05) is 16.9 Å². The quantitative estimate of drug-likeness (QED) is 0.593. The zero-order valence-electron chi connectivity index (χ0n) is 16.0. The highest BCUT2D eigenvalue weighted by atomic mass is 32.2. The van der Waals surface area contributed by atoms with Crippen LogP contribution >= 0.6 is 23.1 Å². The molecule has 1 atom stereocenters. The summed E-state index contributed by atoms with van der Waals surface area (Å²) in [4.78, 5) is 28.9. The van der Waals surface area contributed by atoms with Crippen LogP contribution in [0.25, 0.3) is 0 Å². The number of nitrogens with one attached hydrogen (secondary N) is 2. The molecule has 2 N–H and O–H groups in total. The second kappa shape index (κ2) is 8.46. The van der Waals surface area contributed by atoms with Crippen LogP contribution < -0.4 is 10.2 Å². The fraction of sp³-hybridized carbons (Fsp3) is 0.400. The van der Waals surface area contributed by atoms with Crippen molar-refractivity contribution in [3.8, 4) is 0 Å². The number of amides is 1. The summed E-state index contributed by atoms with van der Waals surface area (Å²) in [6, 6.07) is 8.00. The number of anilines is 1. The predicted octanol–water partition coefficient (Wildman–Crippen LogP) is 2.86. The minimum absolute atomic E-state index is 0.206. The molecular formula is C20H25N2O3S2+. The third kappa shape index (κ3) is 4.20. The lowest BCUT2D eigenvalue weighted by atomic mass is 10.0. The number of carbonyl (C=O) groups excluding carboxylic acids is 2. The van der Waals surface area contributed by atoms with Gasteiger partial charge >= 0.3 is 5.97 Å². The zero-order chi connectivity index (χ0) is 19.6. The van der Waals surface area contributed by atoms with E-state index in [9.17, 15) is 9.59 Å². The van der Waals surface area contributed by atoms with Gasteiger partial charge in [-0.25, -0.2) is 4.79 Å². The molecule has 0 radical (unpaired) electrons. The van der Waals surface area contributed by atoms with Crippen LogP contribution in [0.1, 0.15) is 45.0 Å². The summed E-state index contributed by atoms with van der Waals surface area (Å²) in [6.45, 7) is 6.27. The van der Waals surface area contributed by atoms with E-state index >= 15 is 0 Å². The Morgan fingerprint density at radius 2 is 2.11 bits per heavy atom. The van der Waals surface area contributed by atoms with Crippen LogP contribution in [0, 0.1) is 0 Å². The minimum atomic E-state index is -0.381. The molecule has 1 aliphatic heterocycles. The van der Waals surface area contributed by atoms with E-state index in [1.807, 2.05) is 24.5 Å². The van der Waals surface area contributed by atoms with Crippen molar-refractivity contribution >= 4 is 40.0 Å². The first-order chi connectivity index (χ1) is 12.9. The smallest absolute Gasteiger partial charge is 0.341 e. The molecule has 1 unspecified atom stereocenters. The number of hydrogen-bond donors (Lipinski definition) is 2. The Bertz CT molecular complexity index is 861. The number of fused-ring (bicyclic) bond motifs is 1. The van der Waals surface area contributed by atoms with Crippen molar-refractivity contribution in [2.75, 3.05) is 25.2 Å². The molecule has 2 heterocycles. The Labute approximate surface area is 168 Å². The Balaban J connectivity index is 1.92. The second-order valence-electron chi connectivity index (χ2n) is 6.88. The first kappa shape index (κ1) is 19.9. The number of ether oxygens (including phenoxy) is 1. The first-order valence-corrected chi connectivity index (χ1v) is 11.0. The number of hydrogen-bond acceptors (Lipinski definition) is 5. The molecule has 27 heavy (non-hydrogen) atoms. The molecule has 1 aromatic carbocycles. The Morgan fingerprint density at radius 3 is 2.78 bits per heavy atom. The molecule has 7 heteroatoms. The number of esters is 1. The van der Waals surface area contributed by atoms with Crippen molar-refractivity contribution in [3.05, 3.63) is 45.8 Å². The number of carbonyl (C=O) groups is 2. The van der Waals surface area contributed by atoms with E-state index in [0.29, 0.717) is 22.2 Å². The molecule has 1 aliphatic rings. The molecule has 2 aromatic rings. The van der Waals surface area contributed by atoms with Crippen molar-refractivity contribution in [1.29, 1.82) is 0 Å². The highest BCUT2D eigenvalue weighted by molar-refractivity contribution is 7.98. The van der Waals surface area contributed by atoms with Crippen LogP contribution in [0.5, 0.6) is 0 Å². The summed E-state index contributed by atoms with van der Waals surface area (Å²) < 4.78 is 5.01. The van der Waals surface area contributed by atoms with Crippen LogP contribution in [-0.2, 0) is 17.7 Å². The summed E-state index contributed by atoms with van der Waals surface area (Å²) in [7, 11) is 1.38. The zero-order valence-corrected chi connectivity index (χ0v) is 17.7. The van der Waals surface area contributed by atoms with Crippen LogP contribution in [0.2, 0.25) is 0 Å². The van der Waals surface area contributed by atoms with Crippen LogP contribution in [0.3, 0.4) is 0 Å². The molecule has 0 fully saturated rings. The number of thioether (sulfide) groups is 1. The molecule has 0 bridgehead atoms. The summed E-state index contributed by atoms with van der Waals surface area (Å²) in [5, 5.41) is 3.55. The van der Waals surface area contributed by atoms with Gasteiger partial charge in [0.2, 0.25) is 0 Å². The Morgan fingerprint density at radius 1 is 1.33 bits per heavy atom. The topological polar surface area (TPSA) is 59.8 Å². The Kier molecular flexibility index (Phi) is 6.24. The summed E-state index contributed by atoms with van der Waals surface area (Å²) in [5.41, 5.74) is 2.14. The molecule has 1 amide bonds. The van der Waals surface area contributed by atoms with Crippen molar-refractivity contribution < 1.29 is 19.2 Å². The highest BCUT2D eigenvalue weighted by Crippen LogP contribution is 2.35. The van der Waals surface area contributed by atoms with Gasteiger partial charge in [-0.2, -0.15) is 0 Å². The molecule has 0 saturated heterocycles. The Hall–Kier alpha value is -1.83. The average Bonchev–Trinajstić information content (AvgIpc) is 3.04. The van der Waals surface area contributed by atoms with Crippen molar-refractivity contribution in [3.63, 3.8) is 0 Å². The van der Waals surface area contributed by atoms with Crippen LogP contribution in [-0.4, -0.2) is 37.8 Å². The molecule has 0 spiro atoms. The summed E-state index contributed by atoms with van der Waals surface area (Å²) in [6.07, 6.45) is 2.80. The second-order valence-corrected chi connectivity index (χ2v) is 8.86. The molecular weight excluding hydrogens is 380 g/mol. The van der Waals surface area contributed by atoms with Gasteiger partial charge in [-0.1, -0.05) is 6.07 Å². The number of benzene rings is 1. The fourth-order valence-electron chi connectivity index (χ4n) is 3.34. The van der Waals surface area contributed by atoms with Crippen LogP contribution in [0.15, 0.2) is 29.2 Å². The normalized spacial score (nSPS) is 16.1. The van der Waals surface area contributed by atoms with Crippen molar-refractivity contribution in [2.24, 2.45) is 0 Å². The van der Waals surface area contributed by atoms with Gasteiger partial charge in [0.1, 0.15) is 11.5 Å². The van der Waals surface area contributed by atoms with E-state index in [2.05, 4.69) is 19.2 Å². The van der Waals surface area contributed by atoms with E-state index in [1.165, 1.54) is 28.2 Å². The summed E-state index contributed by atoms with van der Waals surface area (Å²) in [5.74, 6) is -0.587. The molecule has 0 saturated carbocycles. The summed E-state index contributed by atoms with van der Waals surface area (Å²) >= 11 is 3.09. The minimum Gasteiger partial charge on any atom is -0.465 e. The number of methoxy groups -OCH3 is 1. The van der Waals surface area contributed by atoms with E-state index in [4.69, 9.17) is 4.74 Å². The monoisotopic (exact) mass is 405 g/mol. The van der Waals surface area contributed by atoms with E-state index < -0.39 is 0 Å². The van der Waals surface area contributed by atoms with E-state index in [1.54, 1.807) is 17.8 Å². The lowest BCUT2D eigenvalue weighted by molar-refractivity contribution is -0.936. The number of quaternary nitrogens is 1. The lowest BCUT2D eigenvalue weighted by Gasteiger charge is -2.27. The third-order valence-corrected chi connectivity index (χ3v) is 6.81. The molecule has 0 aliphatic carbocycles. The number of rotatable bonds is 5. The third-order valence-electron chi connectivity index (χ3n) is 4.94. The maximum Gasteiger partial charge on any atom is 0.341 e. The average molecular weight is 406 g/mol. The van der Waals surface area contributed by atoms with Gasteiger partial charge in [0.05, 0.1) is 30.1 Å². The van der Waals surface area contributed by atoms with Crippen molar-refractivity contribution in [2.45, 2.75) is 37.8 Å². The van der Waals surface area contributed by atoms with Gasteiger partial charge in [-0.15, -0.1) is 23.1 Å². The standard InChI is InChI=1S/C20H24N2O3S2/c1-12(2)22-9-8-15-16(11-22)27-19(17(15)20(24)25-3)21-18(23)13-6-5-7-14(10-13)26-4/h5-7,10,12H,8-9,11H2,1-4H3,(H,21,23)/p+1. The van der Waals surface area contributed by atoms with Gasteiger partial charge in [-0.3, -0.25) is 4.79 Å². The van der Waals surface area contributed by atoms with E-state index in [-0.39, 0.29) is 11.9 Å². The maximum absolute atomic E-state index is 12.8. The molecule has 1 aromatic heterocycles. The van der Waals surface area contributed by atoms with Gasteiger partial charge in [0.25, 0.3) is 5.91 Å². The predicted molar refractivity (Wildman–Crippen MR) is 110 cm³/mol. The van der Waals surface area contributed by atoms with Gasteiger partial charge in [0.15, 0.2) is 0 Å². The first-order valence-electron chi connectivity index (χ1n) is 8.97. The molecule has 5 nitrogen and oxygen atoms in total. The molecule has 3 rings (SSSR count). The molecule has 144 valence electrons. The number of thiophene rings is 1. The SMILES string of the molecule is COC(=O)c1c(NC(=O)c2cccc(SC)c2)sc2c1CC[NH+](C(C)C)C2. The largest absolute Gasteiger partial charge is 0.465 e. The van der Waals surface area contributed by atoms with E-state index in [0.717, 1.165) is 30.0 Å². The maximum atomic E-state index is 12.8.